The van der Waals surface area contributed by atoms with Crippen molar-refractivity contribution in [1.82, 2.24) is 15.1 Å². The van der Waals surface area contributed by atoms with Gasteiger partial charge in [0.05, 0.1) is 30.8 Å². The van der Waals surface area contributed by atoms with Gasteiger partial charge in [0, 0.05) is 25.6 Å². The Labute approximate surface area is 118 Å². The van der Waals surface area contributed by atoms with Gasteiger partial charge in [-0.15, -0.1) is 0 Å². The minimum absolute atomic E-state index is 0.146. The number of ketones is 1. The average Bonchev–Trinajstić information content (AvgIpc) is 2.82. The van der Waals surface area contributed by atoms with Crippen LogP contribution in [0.1, 0.15) is 12.6 Å². The van der Waals surface area contributed by atoms with Gasteiger partial charge in [0.2, 0.25) is 0 Å². The van der Waals surface area contributed by atoms with E-state index in [1.54, 1.807) is 7.11 Å². The maximum atomic E-state index is 12.0. The van der Waals surface area contributed by atoms with E-state index in [0.717, 1.165) is 23.1 Å². The molecule has 1 aromatic heterocycles. The molecular weight excluding hydrogens is 254 g/mol. The number of Topliss-reactive ketones (excluding diaryl/α,β-unsaturated/α-hetero) is 1. The number of hydrogen-bond donors (Lipinski definition) is 1. The molecule has 1 heterocycles. The summed E-state index contributed by atoms with van der Waals surface area (Å²) in [5, 5.41) is 8.67. The Balaban J connectivity index is 2.04. The second-order valence-electron chi connectivity index (χ2n) is 4.66. The van der Waals surface area contributed by atoms with Crippen LogP contribution in [0.5, 0.6) is 0 Å². The molecule has 0 fully saturated rings. The third-order valence-corrected chi connectivity index (χ3v) is 3.20. The number of aromatic nitrogens is 2. The van der Waals surface area contributed by atoms with Crippen molar-refractivity contribution in [3.63, 3.8) is 0 Å². The van der Waals surface area contributed by atoms with Crippen LogP contribution in [0.25, 0.3) is 10.9 Å². The maximum absolute atomic E-state index is 12.0. The minimum Gasteiger partial charge on any atom is -0.383 e. The molecule has 2 aromatic rings. The van der Waals surface area contributed by atoms with Gasteiger partial charge < -0.3 is 10.1 Å². The highest BCUT2D eigenvalue weighted by atomic mass is 16.5. The van der Waals surface area contributed by atoms with Crippen LogP contribution in [0, 0.1) is 0 Å². The normalized spacial score (nSPS) is 11.1. The molecule has 0 atom stereocenters. The van der Waals surface area contributed by atoms with E-state index in [1.807, 2.05) is 28.9 Å². The molecule has 5 heteroatoms. The molecule has 2 rings (SSSR count). The van der Waals surface area contributed by atoms with Crippen LogP contribution in [0.4, 0.5) is 0 Å². The van der Waals surface area contributed by atoms with Crippen LogP contribution in [-0.4, -0.2) is 42.4 Å². The number of aryl methyl sites for hydroxylation is 1. The number of carbonyl (C=O) groups excluding carboxylic acids is 1. The van der Waals surface area contributed by atoms with Gasteiger partial charge in [-0.1, -0.05) is 18.2 Å². The molecule has 5 nitrogen and oxygen atoms in total. The second-order valence-corrected chi connectivity index (χ2v) is 4.66. The van der Waals surface area contributed by atoms with Crippen LogP contribution in [0.3, 0.4) is 0 Å². The average molecular weight is 275 g/mol. The summed E-state index contributed by atoms with van der Waals surface area (Å²) in [6.07, 6.45) is 0.369. The highest BCUT2D eigenvalue weighted by Gasteiger charge is 2.12. The molecule has 1 N–H and O–H groups in total. The van der Waals surface area contributed by atoms with Crippen LogP contribution in [-0.2, 0) is 22.5 Å². The summed E-state index contributed by atoms with van der Waals surface area (Å²) >= 11 is 0. The molecular formula is C15H21N3O2. The Kier molecular flexibility index (Phi) is 5.26. The summed E-state index contributed by atoms with van der Waals surface area (Å²) in [6.45, 7) is 4.52. The fourth-order valence-corrected chi connectivity index (χ4v) is 2.22. The summed E-state index contributed by atoms with van der Waals surface area (Å²) in [7, 11) is 1.65. The van der Waals surface area contributed by atoms with Crippen molar-refractivity contribution in [3.05, 3.63) is 30.0 Å². The topological polar surface area (TPSA) is 56.2 Å². The van der Waals surface area contributed by atoms with E-state index in [2.05, 4.69) is 17.3 Å². The number of nitrogens with one attached hydrogen (secondary N) is 1. The number of para-hydroxylation sites is 1. The summed E-state index contributed by atoms with van der Waals surface area (Å²) in [5.74, 6) is 0.146. The zero-order valence-corrected chi connectivity index (χ0v) is 12.1. The van der Waals surface area contributed by atoms with Crippen molar-refractivity contribution in [2.75, 3.05) is 26.8 Å². The van der Waals surface area contributed by atoms with Crippen molar-refractivity contribution in [3.8, 4) is 0 Å². The number of hydrogen-bond acceptors (Lipinski definition) is 4. The van der Waals surface area contributed by atoms with E-state index in [9.17, 15) is 4.79 Å². The largest absolute Gasteiger partial charge is 0.383 e. The quantitative estimate of drug-likeness (QED) is 0.740. The van der Waals surface area contributed by atoms with E-state index < -0.39 is 0 Å². The summed E-state index contributed by atoms with van der Waals surface area (Å²) < 4.78 is 6.87. The summed E-state index contributed by atoms with van der Waals surface area (Å²) in [6, 6.07) is 8.04. The van der Waals surface area contributed by atoms with Crippen LogP contribution in [0.2, 0.25) is 0 Å². The third kappa shape index (κ3) is 3.43. The first kappa shape index (κ1) is 14.7. The van der Waals surface area contributed by atoms with E-state index in [1.165, 1.54) is 0 Å². The molecule has 0 saturated carbocycles. The van der Waals surface area contributed by atoms with Crippen molar-refractivity contribution >= 4 is 16.7 Å². The fourth-order valence-electron chi connectivity index (χ4n) is 2.22. The van der Waals surface area contributed by atoms with Gasteiger partial charge in [-0.3, -0.25) is 9.48 Å². The summed E-state index contributed by atoms with van der Waals surface area (Å²) in [5.41, 5.74) is 1.95. The van der Waals surface area contributed by atoms with Gasteiger partial charge in [0.15, 0.2) is 5.78 Å². The van der Waals surface area contributed by atoms with Crippen molar-refractivity contribution in [2.24, 2.45) is 0 Å². The molecule has 0 amide bonds. The second kappa shape index (κ2) is 7.17. The van der Waals surface area contributed by atoms with E-state index >= 15 is 0 Å². The molecule has 1 aromatic carbocycles. The predicted molar refractivity (Wildman–Crippen MR) is 78.9 cm³/mol. The number of benzene rings is 1. The van der Waals surface area contributed by atoms with Gasteiger partial charge in [-0.25, -0.2) is 0 Å². The van der Waals surface area contributed by atoms with Gasteiger partial charge in [-0.05, 0) is 13.0 Å². The van der Waals surface area contributed by atoms with Gasteiger partial charge in [-0.2, -0.15) is 5.10 Å². The number of rotatable bonds is 8. The highest BCUT2D eigenvalue weighted by Crippen LogP contribution is 2.18. The first-order chi connectivity index (χ1) is 9.76. The lowest BCUT2D eigenvalue weighted by Crippen LogP contribution is -2.27. The first-order valence-corrected chi connectivity index (χ1v) is 6.92. The molecule has 20 heavy (non-hydrogen) atoms. The Morgan fingerprint density at radius 2 is 2.20 bits per heavy atom. The van der Waals surface area contributed by atoms with Crippen LogP contribution >= 0.6 is 0 Å². The van der Waals surface area contributed by atoms with Crippen LogP contribution < -0.4 is 5.32 Å². The van der Waals surface area contributed by atoms with Crippen LogP contribution in [0.15, 0.2) is 24.3 Å². The van der Waals surface area contributed by atoms with Gasteiger partial charge in [0.25, 0.3) is 0 Å². The molecule has 0 radical (unpaired) electrons. The molecule has 0 unspecified atom stereocenters. The molecule has 0 aliphatic rings. The molecule has 0 aliphatic heterocycles. The number of ether oxygens (including phenoxy) is 1. The number of methoxy groups -OCH3 is 1. The number of fused-ring (bicyclic) bond motifs is 1. The smallest absolute Gasteiger partial charge is 0.152 e. The Bertz CT molecular complexity index is 578. The number of carbonyl (C=O) groups is 1. The zero-order chi connectivity index (χ0) is 14.4. The Hall–Kier alpha value is -1.72. The SMILES string of the molecule is CCn1nc(CC(=O)CNCCOC)c2ccccc21. The molecule has 108 valence electrons. The fraction of sp³-hybridized carbons (Fsp3) is 0.467. The Morgan fingerprint density at radius 3 is 2.95 bits per heavy atom. The predicted octanol–water partition coefficient (Wildman–Crippen LogP) is 1.40. The van der Waals surface area contributed by atoms with Crippen molar-refractivity contribution in [2.45, 2.75) is 19.9 Å². The van der Waals surface area contributed by atoms with Gasteiger partial charge >= 0.3 is 0 Å². The van der Waals surface area contributed by atoms with E-state index in [4.69, 9.17) is 4.74 Å². The lowest BCUT2D eigenvalue weighted by molar-refractivity contribution is -0.117. The van der Waals surface area contributed by atoms with Gasteiger partial charge in [0.1, 0.15) is 0 Å². The van der Waals surface area contributed by atoms with Crippen molar-refractivity contribution < 1.29 is 9.53 Å². The molecule has 0 spiro atoms. The monoisotopic (exact) mass is 275 g/mol. The Morgan fingerprint density at radius 1 is 1.40 bits per heavy atom. The standard InChI is InChI=1S/C15H21N3O2/c1-3-18-15-7-5-4-6-13(15)14(17-18)10-12(19)11-16-8-9-20-2/h4-7,16H,3,8-11H2,1-2H3. The molecule has 0 aliphatic carbocycles. The molecule has 0 bridgehead atoms. The van der Waals surface area contributed by atoms with E-state index in [-0.39, 0.29) is 5.78 Å². The number of nitrogens with zero attached hydrogens (tertiary/aromatic N) is 2. The third-order valence-electron chi connectivity index (χ3n) is 3.20. The highest BCUT2D eigenvalue weighted by molar-refractivity contribution is 5.89. The lowest BCUT2D eigenvalue weighted by Gasteiger charge is -2.02. The summed E-state index contributed by atoms with van der Waals surface area (Å²) in [4.78, 5) is 12.0. The van der Waals surface area contributed by atoms with Crippen molar-refractivity contribution in [1.29, 1.82) is 0 Å². The lowest BCUT2D eigenvalue weighted by atomic mass is 10.1. The molecule has 0 saturated heterocycles. The maximum Gasteiger partial charge on any atom is 0.152 e. The van der Waals surface area contributed by atoms with E-state index in [0.29, 0.717) is 26.1 Å². The first-order valence-electron chi connectivity index (χ1n) is 6.92. The zero-order valence-electron chi connectivity index (χ0n) is 12.1. The minimum atomic E-state index is 0.146.